The predicted molar refractivity (Wildman–Crippen MR) is 103 cm³/mol. The van der Waals surface area contributed by atoms with E-state index in [1.807, 2.05) is 5.70 Å². The highest BCUT2D eigenvalue weighted by Gasteiger charge is 2.42. The van der Waals surface area contributed by atoms with E-state index in [1.165, 1.54) is 0 Å². The van der Waals surface area contributed by atoms with Crippen molar-refractivity contribution in [2.75, 3.05) is 0 Å². The van der Waals surface area contributed by atoms with Gasteiger partial charge < -0.3 is 16.5 Å². The second-order valence-electron chi connectivity index (χ2n) is 7.85. The van der Waals surface area contributed by atoms with Crippen molar-refractivity contribution in [1.82, 2.24) is 0 Å². The molecule has 21 heavy (non-hydrogen) atoms. The minimum atomic E-state index is -2.38. The second kappa shape index (κ2) is 7.49. The summed E-state index contributed by atoms with van der Waals surface area (Å²) < 4.78 is 24.9. The van der Waals surface area contributed by atoms with Crippen molar-refractivity contribution < 1.29 is 16.5 Å². The van der Waals surface area contributed by atoms with Crippen LogP contribution in [0.3, 0.4) is 0 Å². The molecule has 0 saturated heterocycles. The molecule has 0 aliphatic carbocycles. The summed E-state index contributed by atoms with van der Waals surface area (Å²) in [5.74, 6) is 0. The number of hydrogen-bond acceptors (Lipinski definition) is 4. The monoisotopic (exact) mass is 382 g/mol. The molecule has 0 bridgehead atoms. The van der Waals surface area contributed by atoms with Crippen LogP contribution in [0.2, 0.25) is 65.5 Å². The van der Waals surface area contributed by atoms with Crippen molar-refractivity contribution >= 4 is 43.0 Å². The molecule has 0 spiro atoms. The Balaban J connectivity index is 4.80. The summed E-state index contributed by atoms with van der Waals surface area (Å²) in [5, 5.41) is 0. The minimum absolute atomic E-state index is 1.56. The fourth-order valence-corrected chi connectivity index (χ4v) is 20.6. The van der Waals surface area contributed by atoms with E-state index in [0.717, 1.165) is 0 Å². The van der Waals surface area contributed by atoms with Gasteiger partial charge in [0, 0.05) is 0 Å². The topological polar surface area (TPSA) is 36.9 Å². The maximum atomic E-state index is 6.36. The summed E-state index contributed by atoms with van der Waals surface area (Å²) in [6.45, 7) is 25.3. The average Bonchev–Trinajstić information content (AvgIpc) is 2.08. The van der Waals surface area contributed by atoms with Gasteiger partial charge in [0.15, 0.2) is 16.6 Å². The van der Waals surface area contributed by atoms with Crippen molar-refractivity contribution in [2.45, 2.75) is 65.5 Å². The van der Waals surface area contributed by atoms with Crippen molar-refractivity contribution in [1.29, 1.82) is 0 Å². The zero-order valence-electron chi connectivity index (χ0n) is 15.5. The van der Waals surface area contributed by atoms with Crippen LogP contribution in [0, 0.1) is 0 Å². The molecule has 0 N–H and O–H groups in total. The molecule has 0 rings (SSSR count). The van der Waals surface area contributed by atoms with Crippen LogP contribution >= 0.6 is 0 Å². The Morgan fingerprint density at radius 3 is 1.57 bits per heavy atom. The van der Waals surface area contributed by atoms with E-state index in [-0.39, 0.29) is 0 Å². The second-order valence-corrected chi connectivity index (χ2v) is 26.2. The fourth-order valence-electron chi connectivity index (χ4n) is 2.15. The van der Waals surface area contributed by atoms with Gasteiger partial charge in [-0.15, -0.1) is 6.58 Å². The molecule has 0 aliphatic heterocycles. The lowest BCUT2D eigenvalue weighted by molar-refractivity contribution is 0.316. The van der Waals surface area contributed by atoms with Gasteiger partial charge in [0.05, 0.1) is 0 Å². The van der Waals surface area contributed by atoms with Crippen LogP contribution in [0.1, 0.15) is 0 Å². The van der Waals surface area contributed by atoms with Crippen LogP contribution < -0.4 is 0 Å². The summed E-state index contributed by atoms with van der Waals surface area (Å²) in [6.07, 6.45) is 0. The molecule has 0 aromatic heterocycles. The summed E-state index contributed by atoms with van der Waals surface area (Å²) in [5.41, 5.74) is 1.87. The highest BCUT2D eigenvalue weighted by Crippen LogP contribution is 2.23. The highest BCUT2D eigenvalue weighted by atomic mass is 28.5. The molecule has 0 radical (unpaired) electrons. The van der Waals surface area contributed by atoms with E-state index in [1.54, 1.807) is 0 Å². The van der Waals surface area contributed by atoms with E-state index >= 15 is 0 Å². The third-order valence-electron chi connectivity index (χ3n) is 2.30. The van der Waals surface area contributed by atoms with Crippen molar-refractivity contribution in [3.8, 4) is 0 Å². The molecule has 2 atom stereocenters. The molecule has 9 heteroatoms. The Kier molecular flexibility index (Phi) is 7.73. The summed E-state index contributed by atoms with van der Waals surface area (Å²) in [4.78, 5) is 0. The molecule has 0 heterocycles. The molecule has 0 amide bonds. The zero-order chi connectivity index (χ0) is 17.1. The number of hydrogen-bond donors (Lipinski definition) is 0. The van der Waals surface area contributed by atoms with Gasteiger partial charge >= 0.3 is 17.1 Å². The Morgan fingerprint density at radius 2 is 1.24 bits per heavy atom. The van der Waals surface area contributed by atoms with Gasteiger partial charge in [-0.25, -0.2) is 0 Å². The first-order chi connectivity index (χ1) is 9.08. The molecule has 0 aliphatic rings. The van der Waals surface area contributed by atoms with E-state index < -0.39 is 43.0 Å². The Hall–Kier alpha value is 0.664. The van der Waals surface area contributed by atoms with E-state index in [0.29, 0.717) is 0 Å². The van der Waals surface area contributed by atoms with E-state index in [9.17, 15) is 0 Å². The average molecular weight is 383 g/mol. The highest BCUT2D eigenvalue weighted by molar-refractivity contribution is 6.90. The first-order valence-corrected chi connectivity index (χ1v) is 21.6. The van der Waals surface area contributed by atoms with Crippen molar-refractivity contribution in [3.63, 3.8) is 0 Å². The molecular weight excluding hydrogens is 349 g/mol. The largest absolute Gasteiger partial charge is 0.439 e. The summed E-state index contributed by atoms with van der Waals surface area (Å²) in [7, 11) is -9.55. The van der Waals surface area contributed by atoms with Gasteiger partial charge in [-0.3, -0.25) is 0 Å². The zero-order valence-corrected chi connectivity index (χ0v) is 20.6. The van der Waals surface area contributed by atoms with Gasteiger partial charge in [0.2, 0.25) is 0 Å². The molecule has 2 unspecified atom stereocenters. The Bertz CT molecular complexity index is 351. The number of rotatable bonds is 9. The quantitative estimate of drug-likeness (QED) is 0.563. The molecular formula is C12H34O4Si5. The normalized spacial score (nSPS) is 18.2. The summed E-state index contributed by atoms with van der Waals surface area (Å²) >= 11 is 0. The predicted octanol–water partition coefficient (Wildman–Crippen LogP) is 4.07. The van der Waals surface area contributed by atoms with E-state index in [4.69, 9.17) is 16.5 Å². The van der Waals surface area contributed by atoms with Gasteiger partial charge in [0.1, 0.15) is 0 Å². The van der Waals surface area contributed by atoms with Gasteiger partial charge in [-0.05, 0) is 65.5 Å². The third-order valence-corrected chi connectivity index (χ3v) is 18.5. The lowest BCUT2D eigenvalue weighted by Gasteiger charge is -2.38. The van der Waals surface area contributed by atoms with Crippen molar-refractivity contribution in [2.24, 2.45) is 0 Å². The van der Waals surface area contributed by atoms with Gasteiger partial charge in [-0.2, -0.15) is 0 Å². The van der Waals surface area contributed by atoms with Crippen LogP contribution in [-0.2, 0) is 16.5 Å². The summed E-state index contributed by atoms with van der Waals surface area (Å²) in [6, 6.07) is 0. The third kappa shape index (κ3) is 10.9. The molecule has 126 valence electrons. The lowest BCUT2D eigenvalue weighted by Crippen LogP contribution is -2.55. The first-order valence-electron chi connectivity index (χ1n) is 7.47. The molecule has 0 aromatic carbocycles. The first kappa shape index (κ1) is 21.7. The van der Waals surface area contributed by atoms with Crippen LogP contribution in [0.4, 0.5) is 0 Å². The van der Waals surface area contributed by atoms with Crippen LogP contribution in [0.15, 0.2) is 12.3 Å². The van der Waals surface area contributed by atoms with Crippen LogP contribution in [-0.4, -0.2) is 43.0 Å². The maximum Gasteiger partial charge on any atom is 0.342 e. The molecule has 0 aromatic rings. The molecule has 0 saturated carbocycles. The van der Waals surface area contributed by atoms with Gasteiger partial charge in [-0.1, -0.05) is 5.70 Å². The van der Waals surface area contributed by atoms with Crippen LogP contribution in [0.5, 0.6) is 0 Å². The smallest absolute Gasteiger partial charge is 0.342 e. The Morgan fingerprint density at radius 1 is 0.762 bits per heavy atom. The fraction of sp³-hybridized carbons (Fsp3) is 0.833. The van der Waals surface area contributed by atoms with Crippen molar-refractivity contribution in [3.05, 3.63) is 12.3 Å². The van der Waals surface area contributed by atoms with Gasteiger partial charge in [0.25, 0.3) is 9.28 Å². The minimum Gasteiger partial charge on any atom is -0.439 e. The maximum absolute atomic E-state index is 6.36. The molecule has 4 nitrogen and oxygen atoms in total. The Labute approximate surface area is 137 Å². The lowest BCUT2D eigenvalue weighted by atomic mass is 11.3. The van der Waals surface area contributed by atoms with E-state index in [2.05, 4.69) is 72.0 Å². The van der Waals surface area contributed by atoms with Crippen LogP contribution in [0.25, 0.3) is 0 Å². The molecule has 0 fully saturated rings. The standard InChI is InChI=1S/C12H34O4Si5/c1-12-21(11,15-19(6,7)8)16-20(9,10)14-17(2)13-18(3,4)5/h12,17H,1H2,2-11H3. The SMILES string of the molecule is C=C[Si](C)(O[Si](C)(C)C)O[Si](C)(C)O[SiH](C)O[Si](C)(C)C.